The van der Waals surface area contributed by atoms with E-state index in [4.69, 9.17) is 21.3 Å². The minimum absolute atomic E-state index is 0.0856. The summed E-state index contributed by atoms with van der Waals surface area (Å²) in [6, 6.07) is 6.95. The molecule has 0 unspecified atom stereocenters. The lowest BCUT2D eigenvalue weighted by Crippen LogP contribution is -2.37. The molecule has 4 rings (SSSR count). The Morgan fingerprint density at radius 1 is 1.19 bits per heavy atom. The van der Waals surface area contributed by atoms with Crippen molar-refractivity contribution in [3.8, 4) is 22.5 Å². The molecule has 1 fully saturated rings. The van der Waals surface area contributed by atoms with Crippen molar-refractivity contribution in [2.45, 2.75) is 0 Å². The first kappa shape index (κ1) is 21.2. The number of thiazole rings is 1. The molecule has 0 saturated carbocycles. The van der Waals surface area contributed by atoms with Crippen LogP contribution in [0.3, 0.4) is 0 Å². The SMILES string of the molecule is CN(C)C(=O)c1ccc(Oc2nc(-c3cnc(NCl)s3)nc(N3CCOCC3)n2)cc1. The lowest BCUT2D eigenvalue weighted by Gasteiger charge is -2.26. The van der Waals surface area contributed by atoms with Gasteiger partial charge in [-0.1, -0.05) is 11.3 Å². The van der Waals surface area contributed by atoms with Crippen LogP contribution in [0.25, 0.3) is 10.7 Å². The summed E-state index contributed by atoms with van der Waals surface area (Å²) in [6.45, 7) is 2.53. The molecule has 1 aliphatic heterocycles. The summed E-state index contributed by atoms with van der Waals surface area (Å²) in [6.07, 6.45) is 1.64. The minimum Gasteiger partial charge on any atom is -0.424 e. The molecule has 0 radical (unpaired) electrons. The van der Waals surface area contributed by atoms with Crippen LogP contribution in [0.1, 0.15) is 10.4 Å². The molecule has 3 aromatic rings. The van der Waals surface area contributed by atoms with E-state index in [1.54, 1.807) is 44.6 Å². The largest absolute Gasteiger partial charge is 0.424 e. The van der Waals surface area contributed by atoms with Crippen molar-refractivity contribution in [3.63, 3.8) is 0 Å². The van der Waals surface area contributed by atoms with Crippen LogP contribution in [0.5, 0.6) is 11.8 Å². The number of hydrogen-bond acceptors (Lipinski definition) is 10. The number of hydrogen-bond donors (Lipinski definition) is 1. The Labute approximate surface area is 187 Å². The molecule has 1 N–H and O–H groups in total. The summed E-state index contributed by atoms with van der Waals surface area (Å²) in [5.74, 6) is 1.35. The number of amides is 1. The number of morpholine rings is 1. The van der Waals surface area contributed by atoms with Crippen molar-refractivity contribution in [1.29, 1.82) is 0 Å². The van der Waals surface area contributed by atoms with Crippen LogP contribution in [-0.4, -0.2) is 71.1 Å². The van der Waals surface area contributed by atoms with Crippen molar-refractivity contribution in [1.82, 2.24) is 24.8 Å². The van der Waals surface area contributed by atoms with E-state index in [-0.39, 0.29) is 11.9 Å². The standard InChI is InChI=1S/C19H20ClN7O3S/c1-26(2)16(28)12-3-5-13(6-4-12)30-18-23-15(14-11-21-19(25-20)31-14)22-17(24-18)27-7-9-29-10-8-27/h3-6,11H,7-10H2,1-2H3,(H,21,25). The average molecular weight is 462 g/mol. The molecule has 1 aliphatic rings. The topological polar surface area (TPSA) is 106 Å². The van der Waals surface area contributed by atoms with Gasteiger partial charge in [0.1, 0.15) is 5.75 Å². The first-order valence-electron chi connectivity index (χ1n) is 9.44. The quantitative estimate of drug-likeness (QED) is 0.554. The van der Waals surface area contributed by atoms with Crippen molar-refractivity contribution in [3.05, 3.63) is 36.0 Å². The second-order valence-electron chi connectivity index (χ2n) is 6.79. The summed E-state index contributed by atoms with van der Waals surface area (Å²) in [5.41, 5.74) is 0.563. The van der Waals surface area contributed by atoms with E-state index in [2.05, 4.69) is 24.8 Å². The van der Waals surface area contributed by atoms with Crippen LogP contribution in [0.4, 0.5) is 11.1 Å². The van der Waals surface area contributed by atoms with Crippen LogP contribution in [0.2, 0.25) is 0 Å². The molecule has 0 atom stereocenters. The number of aromatic nitrogens is 4. The smallest absolute Gasteiger partial charge is 0.327 e. The molecule has 0 bridgehead atoms. The van der Waals surface area contributed by atoms with Crippen LogP contribution >= 0.6 is 23.1 Å². The third-order valence-electron chi connectivity index (χ3n) is 4.42. The normalized spacial score (nSPS) is 13.7. The predicted octanol–water partition coefficient (Wildman–Crippen LogP) is 2.89. The third-order valence-corrected chi connectivity index (χ3v) is 5.62. The van der Waals surface area contributed by atoms with Crippen molar-refractivity contribution >= 4 is 40.1 Å². The highest BCUT2D eigenvalue weighted by atomic mass is 35.5. The second kappa shape index (κ2) is 9.41. The van der Waals surface area contributed by atoms with Gasteiger partial charge in [0.15, 0.2) is 11.0 Å². The number of anilines is 2. The third kappa shape index (κ3) is 5.01. The first-order chi connectivity index (χ1) is 15.0. The number of rotatable bonds is 6. The second-order valence-corrected chi connectivity index (χ2v) is 8.01. The zero-order chi connectivity index (χ0) is 21.8. The highest BCUT2D eigenvalue weighted by Crippen LogP contribution is 2.30. The van der Waals surface area contributed by atoms with Gasteiger partial charge in [-0.05, 0) is 24.3 Å². The Morgan fingerprint density at radius 2 is 1.94 bits per heavy atom. The Morgan fingerprint density at radius 3 is 2.58 bits per heavy atom. The maximum atomic E-state index is 12.1. The maximum Gasteiger partial charge on any atom is 0.327 e. The Bertz CT molecular complexity index is 1050. The molecular weight excluding hydrogens is 442 g/mol. The summed E-state index contributed by atoms with van der Waals surface area (Å²) in [7, 11) is 3.41. The van der Waals surface area contributed by atoms with E-state index in [0.717, 1.165) is 4.88 Å². The molecule has 12 heteroatoms. The summed E-state index contributed by atoms with van der Waals surface area (Å²) in [4.78, 5) is 36.5. The van der Waals surface area contributed by atoms with E-state index >= 15 is 0 Å². The van der Waals surface area contributed by atoms with Gasteiger partial charge in [-0.2, -0.15) is 15.0 Å². The molecule has 1 aromatic carbocycles. The molecule has 1 saturated heterocycles. The zero-order valence-corrected chi connectivity index (χ0v) is 18.5. The molecule has 0 spiro atoms. The van der Waals surface area contributed by atoms with Crippen molar-refractivity contribution in [2.24, 2.45) is 0 Å². The molecule has 3 heterocycles. The van der Waals surface area contributed by atoms with Gasteiger partial charge in [0.25, 0.3) is 5.91 Å². The lowest BCUT2D eigenvalue weighted by atomic mass is 10.2. The summed E-state index contributed by atoms with van der Waals surface area (Å²) in [5, 5.41) is 0.536. The monoisotopic (exact) mass is 461 g/mol. The highest BCUT2D eigenvalue weighted by Gasteiger charge is 2.19. The number of carbonyl (C=O) groups excluding carboxylic acids is 1. The minimum atomic E-state index is -0.0856. The van der Waals surface area contributed by atoms with Gasteiger partial charge in [-0.15, -0.1) is 0 Å². The number of halogens is 1. The maximum absolute atomic E-state index is 12.1. The Kier molecular flexibility index (Phi) is 6.44. The van der Waals surface area contributed by atoms with Gasteiger partial charge in [-0.3, -0.25) is 9.63 Å². The summed E-state index contributed by atoms with van der Waals surface area (Å²) >= 11 is 6.96. The van der Waals surface area contributed by atoms with E-state index < -0.39 is 0 Å². The summed E-state index contributed by atoms with van der Waals surface area (Å²) < 4.78 is 11.3. The van der Waals surface area contributed by atoms with Gasteiger partial charge in [-0.25, -0.2) is 4.98 Å². The van der Waals surface area contributed by atoms with Gasteiger partial charge in [0.2, 0.25) is 5.95 Å². The van der Waals surface area contributed by atoms with Crippen LogP contribution < -0.4 is 14.5 Å². The number of nitrogens with zero attached hydrogens (tertiary/aromatic N) is 6. The van der Waals surface area contributed by atoms with Crippen LogP contribution in [-0.2, 0) is 4.74 Å². The fourth-order valence-corrected chi connectivity index (χ4v) is 3.66. The number of ether oxygens (including phenoxy) is 2. The van der Waals surface area contributed by atoms with Gasteiger partial charge >= 0.3 is 6.01 Å². The van der Waals surface area contributed by atoms with Crippen molar-refractivity contribution in [2.75, 3.05) is 50.1 Å². The van der Waals surface area contributed by atoms with Crippen LogP contribution in [0, 0.1) is 0 Å². The molecule has 31 heavy (non-hydrogen) atoms. The first-order valence-corrected chi connectivity index (χ1v) is 10.6. The van der Waals surface area contributed by atoms with Crippen LogP contribution in [0.15, 0.2) is 30.5 Å². The predicted molar refractivity (Wildman–Crippen MR) is 118 cm³/mol. The molecular formula is C19H20ClN7O3S. The number of nitrogens with one attached hydrogen (secondary N) is 1. The van der Waals surface area contributed by atoms with E-state index in [1.165, 1.54) is 16.2 Å². The van der Waals surface area contributed by atoms with Gasteiger partial charge < -0.3 is 19.3 Å². The molecule has 0 aliphatic carbocycles. The van der Waals surface area contributed by atoms with Gasteiger partial charge in [0, 0.05) is 44.5 Å². The van der Waals surface area contributed by atoms with E-state index in [9.17, 15) is 4.79 Å². The Balaban J connectivity index is 1.64. The van der Waals surface area contributed by atoms with E-state index in [1.807, 2.05) is 4.90 Å². The lowest BCUT2D eigenvalue weighted by molar-refractivity contribution is 0.0827. The molecule has 2 aromatic heterocycles. The van der Waals surface area contributed by atoms with Gasteiger partial charge in [0.05, 0.1) is 24.3 Å². The Hall–Kier alpha value is -3.02. The fourth-order valence-electron chi connectivity index (χ4n) is 2.86. The molecule has 162 valence electrons. The molecule has 1 amide bonds. The zero-order valence-electron chi connectivity index (χ0n) is 16.9. The highest BCUT2D eigenvalue weighted by molar-refractivity contribution is 7.19. The fraction of sp³-hybridized carbons (Fsp3) is 0.316. The average Bonchev–Trinajstić information content (AvgIpc) is 3.29. The van der Waals surface area contributed by atoms with E-state index in [0.29, 0.717) is 54.5 Å². The number of benzene rings is 1. The van der Waals surface area contributed by atoms with Crippen molar-refractivity contribution < 1.29 is 14.3 Å². The molecule has 10 nitrogen and oxygen atoms in total. The number of carbonyl (C=O) groups is 1.